The second-order valence-corrected chi connectivity index (χ2v) is 9.86. The van der Waals surface area contributed by atoms with Gasteiger partial charge in [0.2, 0.25) is 0 Å². The molecule has 0 spiro atoms. The molecule has 208 valence electrons. The van der Waals surface area contributed by atoms with Crippen molar-refractivity contribution in [1.82, 2.24) is 14.5 Å². The van der Waals surface area contributed by atoms with E-state index < -0.39 is 0 Å². The smallest absolute Gasteiger partial charge is 0.148 e. The number of hydrogen-bond acceptors (Lipinski definition) is 4. The molecule has 7 aromatic rings. The fourth-order valence-electron chi connectivity index (χ4n) is 5.31. The summed E-state index contributed by atoms with van der Waals surface area (Å²) in [6.45, 7) is 0. The molecule has 0 saturated carbocycles. The topological polar surface area (TPSA) is 74.7 Å². The third-order valence-electron chi connectivity index (χ3n) is 7.34. The van der Waals surface area contributed by atoms with Gasteiger partial charge in [-0.05, 0) is 53.1 Å². The first kappa shape index (κ1) is 27.8. The Morgan fingerprint density at radius 1 is 0.698 bits per heavy atom. The first-order valence-corrected chi connectivity index (χ1v) is 13.5. The summed E-state index contributed by atoms with van der Waals surface area (Å²) in [5, 5.41) is 20.9. The molecule has 0 bridgehead atoms. The SMILES string of the molecule is N#Cc1ccc(-c2ccccn2)[c-]c1-c1cccc2c1nc(-c1ccccc1O)n2-c1ccc(-c2ccccc2)cc1.[Pt]. The predicted octanol–water partition coefficient (Wildman–Crippen LogP) is 8.46. The second-order valence-electron chi connectivity index (χ2n) is 9.86. The summed E-state index contributed by atoms with van der Waals surface area (Å²) in [6.07, 6.45) is 1.74. The molecule has 7 rings (SSSR count). The number of pyridine rings is 1. The number of imidazole rings is 1. The van der Waals surface area contributed by atoms with Crippen molar-refractivity contribution in [2.75, 3.05) is 0 Å². The molecule has 0 fully saturated rings. The second kappa shape index (κ2) is 11.9. The minimum absolute atomic E-state index is 0. The van der Waals surface area contributed by atoms with E-state index in [0.29, 0.717) is 28.0 Å². The molecule has 1 N–H and O–H groups in total. The van der Waals surface area contributed by atoms with Crippen LogP contribution in [0.4, 0.5) is 0 Å². The van der Waals surface area contributed by atoms with Gasteiger partial charge in [-0.25, -0.2) is 10.2 Å². The van der Waals surface area contributed by atoms with Crippen LogP contribution >= 0.6 is 0 Å². The zero-order chi connectivity index (χ0) is 28.5. The Morgan fingerprint density at radius 3 is 2.16 bits per heavy atom. The Kier molecular flexibility index (Phi) is 7.70. The summed E-state index contributed by atoms with van der Waals surface area (Å²) in [5.41, 5.74) is 8.78. The Balaban J connectivity index is 0.00000329. The van der Waals surface area contributed by atoms with Crippen LogP contribution in [-0.4, -0.2) is 19.6 Å². The van der Waals surface area contributed by atoms with Crippen molar-refractivity contribution in [3.63, 3.8) is 0 Å². The van der Waals surface area contributed by atoms with E-state index in [1.165, 1.54) is 0 Å². The summed E-state index contributed by atoms with van der Waals surface area (Å²) in [6, 6.07) is 46.8. The molecule has 0 aliphatic carbocycles. The van der Waals surface area contributed by atoms with Crippen LogP contribution in [0.2, 0.25) is 0 Å². The normalized spacial score (nSPS) is 10.7. The maximum atomic E-state index is 10.9. The molecule has 5 aromatic carbocycles. The maximum absolute atomic E-state index is 10.9. The molecule has 0 unspecified atom stereocenters. The first-order valence-electron chi connectivity index (χ1n) is 13.5. The van der Waals surface area contributed by atoms with Gasteiger partial charge in [0.1, 0.15) is 11.6 Å². The number of para-hydroxylation sites is 2. The molecule has 43 heavy (non-hydrogen) atoms. The molecule has 0 aliphatic rings. The summed E-state index contributed by atoms with van der Waals surface area (Å²) >= 11 is 0. The van der Waals surface area contributed by atoms with Crippen molar-refractivity contribution in [2.24, 2.45) is 0 Å². The number of phenols is 1. The Morgan fingerprint density at radius 2 is 1.42 bits per heavy atom. The van der Waals surface area contributed by atoms with Crippen LogP contribution in [-0.2, 0) is 21.1 Å². The van der Waals surface area contributed by atoms with Crippen LogP contribution in [0.25, 0.3) is 61.6 Å². The zero-order valence-electron chi connectivity index (χ0n) is 22.8. The summed E-state index contributed by atoms with van der Waals surface area (Å²) in [7, 11) is 0. The van der Waals surface area contributed by atoms with Gasteiger partial charge in [0.25, 0.3) is 0 Å². The van der Waals surface area contributed by atoms with Crippen molar-refractivity contribution >= 4 is 11.0 Å². The minimum atomic E-state index is 0. The molecule has 0 radical (unpaired) electrons. The molecule has 0 saturated heterocycles. The number of rotatable bonds is 5. The van der Waals surface area contributed by atoms with Crippen molar-refractivity contribution in [3.05, 3.63) is 145 Å². The summed E-state index contributed by atoms with van der Waals surface area (Å²) in [4.78, 5) is 9.59. The molecule has 6 heteroatoms. The standard InChI is InChI=1S/C37H23N4O.Pt/c38-24-28-17-16-27(33-13-6-7-22-39-33)23-32(28)30-12-8-14-34-36(30)40-37(31-11-4-5-15-35(31)42)41(34)29-20-18-26(19-21-29)25-9-2-1-3-10-25;/h1-22,42H;/q-1;. The van der Waals surface area contributed by atoms with E-state index in [2.05, 4.69) is 58.1 Å². The van der Waals surface area contributed by atoms with Crippen molar-refractivity contribution in [1.29, 1.82) is 5.26 Å². The van der Waals surface area contributed by atoms with E-state index >= 15 is 0 Å². The fraction of sp³-hybridized carbons (Fsp3) is 0. The number of nitrogens with zero attached hydrogens (tertiary/aromatic N) is 4. The van der Waals surface area contributed by atoms with E-state index in [1.54, 1.807) is 24.4 Å². The van der Waals surface area contributed by atoms with E-state index in [1.807, 2.05) is 72.8 Å². The molecule has 0 atom stereocenters. The molecule has 0 amide bonds. The number of nitriles is 1. The molecule has 5 nitrogen and oxygen atoms in total. The van der Waals surface area contributed by atoms with E-state index in [-0.39, 0.29) is 26.8 Å². The van der Waals surface area contributed by atoms with Crippen LogP contribution in [0.3, 0.4) is 0 Å². The molecular formula is C37H23N4OPt-. The maximum Gasteiger partial charge on any atom is 0.148 e. The molecule has 2 heterocycles. The van der Waals surface area contributed by atoms with Crippen LogP contribution in [0.15, 0.2) is 134 Å². The third-order valence-corrected chi connectivity index (χ3v) is 7.34. The largest absolute Gasteiger partial charge is 0.507 e. The van der Waals surface area contributed by atoms with Gasteiger partial charge >= 0.3 is 0 Å². The predicted molar refractivity (Wildman–Crippen MR) is 166 cm³/mol. The van der Waals surface area contributed by atoms with Crippen molar-refractivity contribution in [3.8, 4) is 62.4 Å². The minimum Gasteiger partial charge on any atom is -0.507 e. The Bertz CT molecular complexity index is 2100. The van der Waals surface area contributed by atoms with Crippen LogP contribution in [0, 0.1) is 17.4 Å². The number of phenolic OH excluding ortho intramolecular Hbond substituents is 1. The Labute approximate surface area is 263 Å². The van der Waals surface area contributed by atoms with Gasteiger partial charge in [-0.3, -0.25) is 9.55 Å². The van der Waals surface area contributed by atoms with Gasteiger partial charge in [-0.15, -0.1) is 18.2 Å². The number of aromatic hydroxyl groups is 1. The molecular weight excluding hydrogens is 712 g/mol. The van der Waals surface area contributed by atoms with Crippen molar-refractivity contribution in [2.45, 2.75) is 0 Å². The number of aromatic nitrogens is 3. The number of benzene rings is 5. The van der Waals surface area contributed by atoms with E-state index in [9.17, 15) is 10.4 Å². The summed E-state index contributed by atoms with van der Waals surface area (Å²) in [5.74, 6) is 0.736. The number of hydrogen-bond donors (Lipinski definition) is 1. The van der Waals surface area contributed by atoms with Gasteiger partial charge in [0.15, 0.2) is 0 Å². The van der Waals surface area contributed by atoms with Crippen molar-refractivity contribution < 1.29 is 26.2 Å². The first-order chi connectivity index (χ1) is 20.7. The zero-order valence-corrected chi connectivity index (χ0v) is 25.0. The van der Waals surface area contributed by atoms with Gasteiger partial charge in [-0.2, -0.15) is 0 Å². The average Bonchev–Trinajstić information content (AvgIpc) is 3.45. The van der Waals surface area contributed by atoms with Gasteiger partial charge < -0.3 is 5.11 Å². The monoisotopic (exact) mass is 734 g/mol. The van der Waals surface area contributed by atoms with E-state index in [4.69, 9.17) is 4.98 Å². The Hall–Kier alpha value is -5.30. The summed E-state index contributed by atoms with van der Waals surface area (Å²) < 4.78 is 2.05. The van der Waals surface area contributed by atoms with Crippen LogP contribution < -0.4 is 0 Å². The van der Waals surface area contributed by atoms with Gasteiger partial charge in [0.05, 0.1) is 22.7 Å². The van der Waals surface area contributed by atoms with Crippen LogP contribution in [0.1, 0.15) is 5.56 Å². The molecule has 2 aromatic heterocycles. The van der Waals surface area contributed by atoms with Gasteiger partial charge in [0, 0.05) is 38.6 Å². The van der Waals surface area contributed by atoms with E-state index in [0.717, 1.165) is 39.2 Å². The quantitative estimate of drug-likeness (QED) is 0.180. The third kappa shape index (κ3) is 5.14. The number of fused-ring (bicyclic) bond motifs is 1. The average molecular weight is 735 g/mol. The van der Waals surface area contributed by atoms with Crippen LogP contribution in [0.5, 0.6) is 5.75 Å². The fourth-order valence-corrected chi connectivity index (χ4v) is 5.31. The van der Waals surface area contributed by atoms with Gasteiger partial charge in [-0.1, -0.05) is 95.6 Å². The molecule has 0 aliphatic heterocycles.